The normalized spacial score (nSPS) is 14.3. The van der Waals surface area contributed by atoms with Crippen molar-refractivity contribution in [2.75, 3.05) is 45.3 Å². The topological polar surface area (TPSA) is 75.4 Å². The highest BCUT2D eigenvalue weighted by atomic mass is 16.5. The molecule has 180 valence electrons. The van der Waals surface area contributed by atoms with Gasteiger partial charge in [-0.1, -0.05) is 18.2 Å². The molecule has 4 aromatic rings. The average molecular weight is 473 g/mol. The zero-order chi connectivity index (χ0) is 24.4. The van der Waals surface area contributed by atoms with E-state index < -0.39 is 5.63 Å². The molecule has 1 fully saturated rings. The number of phenolic OH excluding ortho intramolecular Hbond substituents is 1. The molecule has 1 saturated heterocycles. The summed E-state index contributed by atoms with van der Waals surface area (Å²) in [6.07, 6.45) is 0. The van der Waals surface area contributed by atoms with Gasteiger partial charge in [0.2, 0.25) is 0 Å². The Balaban J connectivity index is 1.44. The fourth-order valence-corrected chi connectivity index (χ4v) is 4.62. The molecule has 1 aromatic heterocycles. The van der Waals surface area contributed by atoms with E-state index in [1.54, 1.807) is 50.6 Å². The van der Waals surface area contributed by atoms with Crippen molar-refractivity contribution in [1.82, 2.24) is 4.90 Å². The SMILES string of the molecule is COc1ccc(OC)c(-c2cc3ccc(O)c(CN4CCN(c5ccccc5)CC4)c3oc2=O)c1. The van der Waals surface area contributed by atoms with Crippen molar-refractivity contribution in [2.45, 2.75) is 6.54 Å². The lowest BCUT2D eigenvalue weighted by Crippen LogP contribution is -2.46. The van der Waals surface area contributed by atoms with E-state index in [4.69, 9.17) is 13.9 Å². The molecule has 0 radical (unpaired) electrons. The quantitative estimate of drug-likeness (QED) is 0.414. The number of piperazine rings is 1. The lowest BCUT2D eigenvalue weighted by molar-refractivity contribution is 0.246. The van der Waals surface area contributed by atoms with E-state index in [0.29, 0.717) is 40.3 Å². The number of nitrogens with zero attached hydrogens (tertiary/aromatic N) is 2. The Kier molecular flexibility index (Phi) is 6.33. The first-order valence-electron chi connectivity index (χ1n) is 11.6. The van der Waals surface area contributed by atoms with Crippen LogP contribution in [0.15, 0.2) is 75.9 Å². The summed E-state index contributed by atoms with van der Waals surface area (Å²) in [5.74, 6) is 1.28. The largest absolute Gasteiger partial charge is 0.507 e. The molecule has 0 spiro atoms. The van der Waals surface area contributed by atoms with Crippen LogP contribution in [-0.2, 0) is 6.54 Å². The van der Waals surface area contributed by atoms with Gasteiger partial charge in [-0.2, -0.15) is 0 Å². The van der Waals surface area contributed by atoms with E-state index in [-0.39, 0.29) is 5.75 Å². The molecule has 0 atom stereocenters. The fraction of sp³-hybridized carbons (Fsp3) is 0.250. The van der Waals surface area contributed by atoms with Gasteiger partial charge < -0.3 is 23.9 Å². The summed E-state index contributed by atoms with van der Waals surface area (Å²) in [5, 5.41) is 11.4. The number of ether oxygens (including phenoxy) is 2. The molecule has 1 N–H and O–H groups in total. The molecule has 0 aliphatic carbocycles. The van der Waals surface area contributed by atoms with Gasteiger partial charge in [-0.3, -0.25) is 4.90 Å². The van der Waals surface area contributed by atoms with Crippen molar-refractivity contribution in [3.05, 3.63) is 82.7 Å². The number of para-hydroxylation sites is 1. The molecule has 1 aliphatic rings. The first-order chi connectivity index (χ1) is 17.1. The number of hydrogen-bond donors (Lipinski definition) is 1. The maximum Gasteiger partial charge on any atom is 0.344 e. The smallest absolute Gasteiger partial charge is 0.344 e. The summed E-state index contributed by atoms with van der Waals surface area (Å²) >= 11 is 0. The first-order valence-corrected chi connectivity index (χ1v) is 11.6. The van der Waals surface area contributed by atoms with E-state index in [9.17, 15) is 9.90 Å². The van der Waals surface area contributed by atoms with Crippen LogP contribution >= 0.6 is 0 Å². The van der Waals surface area contributed by atoms with Crippen LogP contribution in [0.5, 0.6) is 17.2 Å². The molecule has 5 rings (SSSR count). The Morgan fingerprint density at radius 1 is 0.886 bits per heavy atom. The van der Waals surface area contributed by atoms with E-state index in [1.807, 2.05) is 18.2 Å². The minimum Gasteiger partial charge on any atom is -0.507 e. The van der Waals surface area contributed by atoms with Crippen LogP contribution in [0.4, 0.5) is 5.69 Å². The Morgan fingerprint density at radius 2 is 1.66 bits per heavy atom. The zero-order valence-electron chi connectivity index (χ0n) is 19.9. The van der Waals surface area contributed by atoms with Gasteiger partial charge in [0.05, 0.1) is 25.3 Å². The van der Waals surface area contributed by atoms with E-state index in [2.05, 4.69) is 21.9 Å². The molecule has 0 unspecified atom stereocenters. The molecule has 7 heteroatoms. The van der Waals surface area contributed by atoms with E-state index in [0.717, 1.165) is 31.6 Å². The molecule has 3 aromatic carbocycles. The van der Waals surface area contributed by atoms with Gasteiger partial charge in [-0.05, 0) is 48.5 Å². The summed E-state index contributed by atoms with van der Waals surface area (Å²) in [4.78, 5) is 17.7. The maximum absolute atomic E-state index is 13.1. The monoisotopic (exact) mass is 472 g/mol. The van der Waals surface area contributed by atoms with E-state index >= 15 is 0 Å². The number of methoxy groups -OCH3 is 2. The van der Waals surface area contributed by atoms with Gasteiger partial charge in [0, 0.05) is 49.4 Å². The lowest BCUT2D eigenvalue weighted by Gasteiger charge is -2.36. The summed E-state index contributed by atoms with van der Waals surface area (Å²) < 4.78 is 16.6. The highest BCUT2D eigenvalue weighted by Crippen LogP contribution is 2.35. The van der Waals surface area contributed by atoms with Crippen molar-refractivity contribution < 1.29 is 19.0 Å². The third kappa shape index (κ3) is 4.55. The van der Waals surface area contributed by atoms with Gasteiger partial charge in [0.25, 0.3) is 0 Å². The molecule has 7 nitrogen and oxygen atoms in total. The number of rotatable bonds is 6. The second kappa shape index (κ2) is 9.72. The predicted molar refractivity (Wildman–Crippen MR) is 137 cm³/mol. The van der Waals surface area contributed by atoms with Crippen molar-refractivity contribution in [3.63, 3.8) is 0 Å². The van der Waals surface area contributed by atoms with Crippen LogP contribution in [0.25, 0.3) is 22.1 Å². The minimum absolute atomic E-state index is 0.123. The van der Waals surface area contributed by atoms with Crippen LogP contribution in [-0.4, -0.2) is 50.4 Å². The van der Waals surface area contributed by atoms with Crippen molar-refractivity contribution in [3.8, 4) is 28.4 Å². The summed E-state index contributed by atoms with van der Waals surface area (Å²) in [7, 11) is 3.13. The Labute approximate surface area is 203 Å². The van der Waals surface area contributed by atoms with Crippen LogP contribution in [0.3, 0.4) is 0 Å². The van der Waals surface area contributed by atoms with Gasteiger partial charge >= 0.3 is 5.63 Å². The molecule has 0 bridgehead atoms. The van der Waals surface area contributed by atoms with Crippen LogP contribution in [0, 0.1) is 0 Å². The van der Waals surface area contributed by atoms with Crippen molar-refractivity contribution in [1.29, 1.82) is 0 Å². The Hall–Kier alpha value is -3.97. The zero-order valence-corrected chi connectivity index (χ0v) is 19.9. The molecular weight excluding hydrogens is 444 g/mol. The molecule has 35 heavy (non-hydrogen) atoms. The second-order valence-corrected chi connectivity index (χ2v) is 8.59. The summed E-state index contributed by atoms with van der Waals surface area (Å²) in [5.41, 5.74) is 2.72. The lowest BCUT2D eigenvalue weighted by atomic mass is 10.0. The van der Waals surface area contributed by atoms with E-state index in [1.165, 1.54) is 5.69 Å². The standard InChI is InChI=1S/C28H28N2O5/c1-33-21-9-11-26(34-2)22(17-21)23-16-19-8-10-25(31)24(27(19)35-28(23)32)18-29-12-14-30(15-13-29)20-6-4-3-5-7-20/h3-11,16-17,31H,12-15,18H2,1-2H3. The number of fused-ring (bicyclic) bond motifs is 1. The van der Waals surface area contributed by atoms with Crippen molar-refractivity contribution >= 4 is 16.7 Å². The molecule has 1 aliphatic heterocycles. The number of phenols is 1. The third-order valence-corrected chi connectivity index (χ3v) is 6.55. The maximum atomic E-state index is 13.1. The van der Waals surface area contributed by atoms with Crippen LogP contribution in [0.2, 0.25) is 0 Å². The van der Waals surface area contributed by atoms with Gasteiger partial charge in [-0.25, -0.2) is 4.79 Å². The van der Waals surface area contributed by atoms with Crippen LogP contribution < -0.4 is 20.0 Å². The highest BCUT2D eigenvalue weighted by Gasteiger charge is 2.22. The third-order valence-electron chi connectivity index (χ3n) is 6.55. The number of aromatic hydroxyl groups is 1. The molecule has 0 saturated carbocycles. The molecular formula is C28H28N2O5. The summed E-state index contributed by atoms with van der Waals surface area (Å²) in [6.45, 7) is 3.96. The van der Waals surface area contributed by atoms with Crippen molar-refractivity contribution in [2.24, 2.45) is 0 Å². The van der Waals surface area contributed by atoms with Gasteiger partial charge in [-0.15, -0.1) is 0 Å². The molecule has 0 amide bonds. The Morgan fingerprint density at radius 3 is 2.37 bits per heavy atom. The molecule has 2 heterocycles. The number of anilines is 1. The van der Waals surface area contributed by atoms with Crippen LogP contribution in [0.1, 0.15) is 5.56 Å². The number of benzene rings is 3. The Bertz CT molecular complexity index is 1390. The second-order valence-electron chi connectivity index (χ2n) is 8.59. The number of hydrogen-bond acceptors (Lipinski definition) is 7. The van der Waals surface area contributed by atoms with Gasteiger partial charge in [0.15, 0.2) is 0 Å². The minimum atomic E-state index is -0.496. The fourth-order valence-electron chi connectivity index (χ4n) is 4.62. The highest BCUT2D eigenvalue weighted by molar-refractivity contribution is 5.87. The summed E-state index contributed by atoms with van der Waals surface area (Å²) in [6, 6.07) is 20.9. The first kappa shape index (κ1) is 22.8. The average Bonchev–Trinajstić information content (AvgIpc) is 2.90. The van der Waals surface area contributed by atoms with Gasteiger partial charge in [0.1, 0.15) is 22.8 Å². The predicted octanol–water partition coefficient (Wildman–Crippen LogP) is 4.51.